The van der Waals surface area contributed by atoms with Gasteiger partial charge in [0.15, 0.2) is 0 Å². The van der Waals surface area contributed by atoms with Crippen LogP contribution in [0.25, 0.3) is 0 Å². The maximum absolute atomic E-state index is 11.8. The standard InChI is InChI=1S/C17H22O6/c1-9-6-14(20)16-10(2)17(21)23-15(16)7-12(4-5-13(9)19)8-22-11(3)18/h7,13-16,19-20H,1-2,4-6,8H2,3H3. The minimum atomic E-state index is -0.926. The molecule has 1 fully saturated rings. The zero-order valence-corrected chi connectivity index (χ0v) is 13.2. The molecule has 4 unspecified atom stereocenters. The molecular weight excluding hydrogens is 300 g/mol. The molecule has 0 spiro atoms. The van der Waals surface area contributed by atoms with E-state index in [-0.39, 0.29) is 18.6 Å². The molecule has 1 aliphatic heterocycles. The Morgan fingerprint density at radius 2 is 2.13 bits per heavy atom. The van der Waals surface area contributed by atoms with Crippen LogP contribution < -0.4 is 0 Å². The monoisotopic (exact) mass is 322 g/mol. The number of rotatable bonds is 2. The summed E-state index contributed by atoms with van der Waals surface area (Å²) in [5, 5.41) is 20.5. The van der Waals surface area contributed by atoms with Crippen LogP contribution in [0.4, 0.5) is 0 Å². The van der Waals surface area contributed by atoms with Gasteiger partial charge in [0, 0.05) is 12.5 Å². The highest BCUT2D eigenvalue weighted by Gasteiger charge is 2.42. The number of aliphatic hydroxyl groups is 2. The average Bonchev–Trinajstić information content (AvgIpc) is 2.75. The number of ether oxygens (including phenoxy) is 2. The van der Waals surface area contributed by atoms with Gasteiger partial charge < -0.3 is 19.7 Å². The third-order valence-corrected chi connectivity index (χ3v) is 4.22. The van der Waals surface area contributed by atoms with Crippen molar-refractivity contribution in [1.82, 2.24) is 0 Å². The van der Waals surface area contributed by atoms with Gasteiger partial charge in [-0.15, -0.1) is 0 Å². The summed E-state index contributed by atoms with van der Waals surface area (Å²) in [5.41, 5.74) is 1.42. The maximum Gasteiger partial charge on any atom is 0.334 e. The van der Waals surface area contributed by atoms with Crippen LogP contribution in [0.2, 0.25) is 0 Å². The van der Waals surface area contributed by atoms with Crippen molar-refractivity contribution in [3.8, 4) is 0 Å². The molecule has 1 heterocycles. The molecule has 126 valence electrons. The molecule has 0 aromatic carbocycles. The van der Waals surface area contributed by atoms with E-state index in [1.807, 2.05) is 0 Å². The molecule has 2 rings (SSSR count). The molecule has 1 aliphatic carbocycles. The van der Waals surface area contributed by atoms with Crippen LogP contribution in [0, 0.1) is 5.92 Å². The normalized spacial score (nSPS) is 32.0. The minimum absolute atomic E-state index is 0.0534. The van der Waals surface area contributed by atoms with Crippen molar-refractivity contribution in [3.63, 3.8) is 0 Å². The summed E-state index contributed by atoms with van der Waals surface area (Å²) in [7, 11) is 0. The predicted octanol–water partition coefficient (Wildman–Crippen LogP) is 1.04. The second-order valence-corrected chi connectivity index (χ2v) is 6.01. The lowest BCUT2D eigenvalue weighted by molar-refractivity contribution is -0.140. The molecule has 4 atom stereocenters. The van der Waals surface area contributed by atoms with Gasteiger partial charge in [-0.25, -0.2) is 4.79 Å². The Hall–Kier alpha value is -1.92. The Bertz CT molecular complexity index is 561. The van der Waals surface area contributed by atoms with Gasteiger partial charge in [-0.05, 0) is 36.5 Å². The number of aliphatic hydroxyl groups excluding tert-OH is 2. The molecule has 6 nitrogen and oxygen atoms in total. The van der Waals surface area contributed by atoms with Gasteiger partial charge in [0.1, 0.15) is 12.7 Å². The second kappa shape index (κ2) is 7.10. The summed E-state index contributed by atoms with van der Waals surface area (Å²) in [6.45, 7) is 8.87. The third-order valence-electron chi connectivity index (χ3n) is 4.22. The average molecular weight is 322 g/mol. The van der Waals surface area contributed by atoms with Crippen molar-refractivity contribution in [3.05, 3.63) is 36.0 Å². The van der Waals surface area contributed by atoms with Gasteiger partial charge in [0.05, 0.1) is 18.1 Å². The second-order valence-electron chi connectivity index (χ2n) is 6.01. The number of carbonyl (C=O) groups is 2. The van der Waals surface area contributed by atoms with Gasteiger partial charge in [-0.1, -0.05) is 13.2 Å². The van der Waals surface area contributed by atoms with Crippen LogP contribution in [0.5, 0.6) is 0 Å². The first kappa shape index (κ1) is 17.4. The lowest BCUT2D eigenvalue weighted by atomic mass is 9.84. The van der Waals surface area contributed by atoms with Crippen molar-refractivity contribution >= 4 is 11.9 Å². The summed E-state index contributed by atoms with van der Waals surface area (Å²) in [6, 6.07) is 0. The quantitative estimate of drug-likeness (QED) is 0.448. The van der Waals surface area contributed by atoms with E-state index in [0.717, 1.165) is 5.57 Å². The zero-order valence-electron chi connectivity index (χ0n) is 13.2. The lowest BCUT2D eigenvalue weighted by Gasteiger charge is -2.26. The summed E-state index contributed by atoms with van der Waals surface area (Å²) < 4.78 is 10.3. The molecular formula is C17H22O6. The van der Waals surface area contributed by atoms with Gasteiger partial charge >= 0.3 is 11.9 Å². The van der Waals surface area contributed by atoms with E-state index in [1.165, 1.54) is 6.92 Å². The van der Waals surface area contributed by atoms with E-state index in [9.17, 15) is 19.8 Å². The van der Waals surface area contributed by atoms with Crippen LogP contribution in [0.3, 0.4) is 0 Å². The molecule has 0 aromatic rings. The molecule has 2 aliphatic rings. The predicted molar refractivity (Wildman–Crippen MR) is 82.2 cm³/mol. The van der Waals surface area contributed by atoms with E-state index in [4.69, 9.17) is 9.47 Å². The van der Waals surface area contributed by atoms with Crippen LogP contribution in [-0.4, -0.2) is 47.1 Å². The first-order chi connectivity index (χ1) is 10.8. The van der Waals surface area contributed by atoms with Gasteiger partial charge in [-0.3, -0.25) is 4.79 Å². The van der Waals surface area contributed by atoms with E-state index in [0.29, 0.717) is 18.4 Å². The third kappa shape index (κ3) is 4.09. The fourth-order valence-corrected chi connectivity index (χ4v) is 2.88. The zero-order chi connectivity index (χ0) is 17.1. The highest BCUT2D eigenvalue weighted by Crippen LogP contribution is 2.35. The highest BCUT2D eigenvalue weighted by atomic mass is 16.6. The molecule has 2 N–H and O–H groups in total. The Morgan fingerprint density at radius 3 is 2.78 bits per heavy atom. The molecule has 1 saturated heterocycles. The van der Waals surface area contributed by atoms with Gasteiger partial charge in [-0.2, -0.15) is 0 Å². The Balaban J connectivity index is 2.31. The van der Waals surface area contributed by atoms with E-state index in [1.54, 1.807) is 6.08 Å². The minimum Gasteiger partial charge on any atom is -0.461 e. The van der Waals surface area contributed by atoms with Crippen LogP contribution in [0.15, 0.2) is 36.0 Å². The van der Waals surface area contributed by atoms with Crippen LogP contribution in [-0.2, 0) is 19.1 Å². The molecule has 0 amide bonds. The van der Waals surface area contributed by atoms with Crippen LogP contribution in [0.1, 0.15) is 26.2 Å². The number of fused-ring (bicyclic) bond motifs is 1. The Labute approximate surface area is 135 Å². The van der Waals surface area contributed by atoms with E-state index >= 15 is 0 Å². The lowest BCUT2D eigenvalue weighted by Crippen LogP contribution is -2.31. The molecule has 6 heteroatoms. The first-order valence-corrected chi connectivity index (χ1v) is 7.56. The number of hydrogen-bond donors (Lipinski definition) is 2. The van der Waals surface area contributed by atoms with Crippen molar-refractivity contribution < 1.29 is 29.3 Å². The van der Waals surface area contributed by atoms with E-state index in [2.05, 4.69) is 13.2 Å². The van der Waals surface area contributed by atoms with Crippen LogP contribution >= 0.6 is 0 Å². The van der Waals surface area contributed by atoms with Gasteiger partial charge in [0.25, 0.3) is 0 Å². The molecule has 0 saturated carbocycles. The highest BCUT2D eigenvalue weighted by molar-refractivity contribution is 5.91. The maximum atomic E-state index is 11.8. The summed E-state index contributed by atoms with van der Waals surface area (Å²) >= 11 is 0. The summed E-state index contributed by atoms with van der Waals surface area (Å²) in [5.74, 6) is -1.57. The molecule has 23 heavy (non-hydrogen) atoms. The van der Waals surface area contributed by atoms with Crippen molar-refractivity contribution in [1.29, 1.82) is 0 Å². The van der Waals surface area contributed by atoms with Crippen molar-refractivity contribution in [2.45, 2.75) is 44.5 Å². The Kier molecular flexibility index (Phi) is 5.38. The van der Waals surface area contributed by atoms with Crippen molar-refractivity contribution in [2.75, 3.05) is 6.61 Å². The largest absolute Gasteiger partial charge is 0.461 e. The number of carbonyl (C=O) groups excluding carboxylic acids is 2. The number of esters is 2. The summed E-state index contributed by atoms with van der Waals surface area (Å²) in [6.07, 6.45) is 0.373. The van der Waals surface area contributed by atoms with Crippen molar-refractivity contribution in [2.24, 2.45) is 5.92 Å². The molecule has 0 aromatic heterocycles. The number of hydrogen-bond acceptors (Lipinski definition) is 6. The van der Waals surface area contributed by atoms with Gasteiger partial charge in [0.2, 0.25) is 0 Å². The fourth-order valence-electron chi connectivity index (χ4n) is 2.88. The first-order valence-electron chi connectivity index (χ1n) is 7.56. The molecule has 0 radical (unpaired) electrons. The Morgan fingerprint density at radius 1 is 1.43 bits per heavy atom. The molecule has 0 bridgehead atoms. The van der Waals surface area contributed by atoms with E-state index < -0.39 is 36.2 Å². The fraction of sp³-hybridized carbons (Fsp3) is 0.529. The summed E-state index contributed by atoms with van der Waals surface area (Å²) in [4.78, 5) is 22.8. The SMILES string of the molecule is C=C1CC(O)C2C(=C)C(=O)OC2C=C(COC(C)=O)CCC1O. The topological polar surface area (TPSA) is 93.1 Å². The smallest absolute Gasteiger partial charge is 0.334 e.